The van der Waals surface area contributed by atoms with Gasteiger partial charge >= 0.3 is 5.97 Å². The molecule has 1 aliphatic rings. The summed E-state index contributed by atoms with van der Waals surface area (Å²) in [6.45, 7) is 0.613. The third-order valence-electron chi connectivity index (χ3n) is 2.25. The van der Waals surface area contributed by atoms with E-state index in [0.717, 1.165) is 0 Å². The molecule has 1 N–H and O–H groups in total. The van der Waals surface area contributed by atoms with Crippen molar-refractivity contribution in [2.24, 2.45) is 0 Å². The Bertz CT molecular complexity index is 499. The van der Waals surface area contributed by atoms with Gasteiger partial charge in [0.15, 0.2) is 11.0 Å². The Morgan fingerprint density at radius 3 is 2.94 bits per heavy atom. The molecule has 0 saturated carbocycles. The first-order valence-corrected chi connectivity index (χ1v) is 6.19. The second kappa shape index (κ2) is 5.01. The Hall–Kier alpha value is -1.82. The topological polar surface area (TPSA) is 66.3 Å². The minimum Gasteiger partial charge on any atom is -0.477 e. The SMILES string of the molecule is CSc1ncc(C(=O)O)c(N2C=CC=CC2)n1. The predicted molar refractivity (Wildman–Crippen MR) is 66.4 cm³/mol. The Labute approximate surface area is 103 Å². The molecule has 0 aromatic carbocycles. The van der Waals surface area contributed by atoms with Crippen LogP contribution in [-0.4, -0.2) is 33.8 Å². The van der Waals surface area contributed by atoms with E-state index in [1.807, 2.05) is 24.5 Å². The Morgan fingerprint density at radius 2 is 2.35 bits per heavy atom. The van der Waals surface area contributed by atoms with Gasteiger partial charge in [0.25, 0.3) is 0 Å². The maximum absolute atomic E-state index is 11.1. The lowest BCUT2D eigenvalue weighted by Gasteiger charge is -2.21. The molecule has 0 aliphatic carbocycles. The molecule has 0 saturated heterocycles. The van der Waals surface area contributed by atoms with E-state index in [-0.39, 0.29) is 5.56 Å². The van der Waals surface area contributed by atoms with Gasteiger partial charge in [0, 0.05) is 18.9 Å². The smallest absolute Gasteiger partial charge is 0.341 e. The van der Waals surface area contributed by atoms with Crippen LogP contribution in [0.5, 0.6) is 0 Å². The molecule has 0 unspecified atom stereocenters. The fourth-order valence-corrected chi connectivity index (χ4v) is 1.79. The van der Waals surface area contributed by atoms with Crippen molar-refractivity contribution in [1.29, 1.82) is 0 Å². The van der Waals surface area contributed by atoms with Gasteiger partial charge in [-0.05, 0) is 12.3 Å². The summed E-state index contributed by atoms with van der Waals surface area (Å²) in [4.78, 5) is 21.1. The van der Waals surface area contributed by atoms with E-state index in [9.17, 15) is 4.79 Å². The number of carbonyl (C=O) groups is 1. The fourth-order valence-electron chi connectivity index (χ4n) is 1.45. The van der Waals surface area contributed by atoms with E-state index in [1.54, 1.807) is 11.1 Å². The van der Waals surface area contributed by atoms with Crippen LogP contribution >= 0.6 is 11.8 Å². The lowest BCUT2D eigenvalue weighted by molar-refractivity contribution is 0.0696. The van der Waals surface area contributed by atoms with Crippen molar-refractivity contribution >= 4 is 23.5 Å². The monoisotopic (exact) mass is 249 g/mol. The second-order valence-electron chi connectivity index (χ2n) is 3.32. The molecule has 0 radical (unpaired) electrons. The summed E-state index contributed by atoms with van der Waals surface area (Å²) in [5, 5.41) is 9.67. The average Bonchev–Trinajstić information content (AvgIpc) is 2.39. The van der Waals surface area contributed by atoms with Crippen molar-refractivity contribution in [3.63, 3.8) is 0 Å². The van der Waals surface area contributed by atoms with Crippen molar-refractivity contribution in [2.75, 3.05) is 17.7 Å². The lowest BCUT2D eigenvalue weighted by Crippen LogP contribution is -2.22. The number of thioether (sulfide) groups is 1. The average molecular weight is 249 g/mol. The van der Waals surface area contributed by atoms with Crippen LogP contribution in [0.3, 0.4) is 0 Å². The van der Waals surface area contributed by atoms with Crippen molar-refractivity contribution in [3.05, 3.63) is 36.2 Å². The highest BCUT2D eigenvalue weighted by atomic mass is 32.2. The van der Waals surface area contributed by atoms with Crippen LogP contribution in [0, 0.1) is 0 Å². The molecule has 17 heavy (non-hydrogen) atoms. The van der Waals surface area contributed by atoms with Crippen molar-refractivity contribution in [2.45, 2.75) is 5.16 Å². The first-order chi connectivity index (χ1) is 8.22. The van der Waals surface area contributed by atoms with E-state index in [1.165, 1.54) is 18.0 Å². The van der Waals surface area contributed by atoms with Gasteiger partial charge in [-0.3, -0.25) is 0 Å². The van der Waals surface area contributed by atoms with Crippen LogP contribution in [0.15, 0.2) is 35.8 Å². The van der Waals surface area contributed by atoms with Crippen molar-refractivity contribution < 1.29 is 9.90 Å². The first-order valence-electron chi connectivity index (χ1n) is 4.96. The van der Waals surface area contributed by atoms with Gasteiger partial charge in [-0.25, -0.2) is 14.8 Å². The third-order valence-corrected chi connectivity index (χ3v) is 2.81. The summed E-state index contributed by atoms with van der Waals surface area (Å²) in [5.74, 6) is -0.590. The maximum atomic E-state index is 11.1. The number of nitrogens with zero attached hydrogens (tertiary/aromatic N) is 3. The van der Waals surface area contributed by atoms with E-state index >= 15 is 0 Å². The zero-order valence-electron chi connectivity index (χ0n) is 9.20. The summed E-state index contributed by atoms with van der Waals surface area (Å²) in [5.41, 5.74) is 0.114. The maximum Gasteiger partial charge on any atom is 0.341 e. The molecular weight excluding hydrogens is 238 g/mol. The van der Waals surface area contributed by atoms with Gasteiger partial charge in [-0.2, -0.15) is 0 Å². The molecular formula is C11H11N3O2S. The molecule has 0 amide bonds. The predicted octanol–water partition coefficient (Wildman–Crippen LogP) is 1.79. The molecule has 1 aromatic rings. The number of aromatic carboxylic acids is 1. The molecule has 2 rings (SSSR count). The third kappa shape index (κ3) is 2.47. The molecule has 5 nitrogen and oxygen atoms in total. The molecule has 88 valence electrons. The zero-order chi connectivity index (χ0) is 12.3. The molecule has 1 aliphatic heterocycles. The van der Waals surface area contributed by atoms with E-state index in [4.69, 9.17) is 5.11 Å². The van der Waals surface area contributed by atoms with Gasteiger partial charge < -0.3 is 10.0 Å². The van der Waals surface area contributed by atoms with Crippen LogP contribution in [0.4, 0.5) is 5.82 Å². The normalized spacial score (nSPS) is 14.1. The second-order valence-corrected chi connectivity index (χ2v) is 4.09. The Morgan fingerprint density at radius 1 is 1.53 bits per heavy atom. The van der Waals surface area contributed by atoms with Crippen molar-refractivity contribution in [3.8, 4) is 0 Å². The molecule has 0 fully saturated rings. The van der Waals surface area contributed by atoms with Gasteiger partial charge in [0.1, 0.15) is 5.56 Å². The summed E-state index contributed by atoms with van der Waals surface area (Å²) in [7, 11) is 0. The van der Waals surface area contributed by atoms with Crippen LogP contribution in [-0.2, 0) is 0 Å². The number of aromatic nitrogens is 2. The van der Waals surface area contributed by atoms with Gasteiger partial charge in [-0.1, -0.05) is 23.9 Å². The largest absolute Gasteiger partial charge is 0.477 e. The van der Waals surface area contributed by atoms with Crippen LogP contribution in [0.1, 0.15) is 10.4 Å². The number of anilines is 1. The Kier molecular flexibility index (Phi) is 3.43. The summed E-state index contributed by atoms with van der Waals surface area (Å²) in [6, 6.07) is 0. The van der Waals surface area contributed by atoms with Gasteiger partial charge in [0.05, 0.1) is 0 Å². The van der Waals surface area contributed by atoms with Crippen molar-refractivity contribution in [1.82, 2.24) is 9.97 Å². The molecule has 0 spiro atoms. The van der Waals surface area contributed by atoms with E-state index < -0.39 is 5.97 Å². The number of allylic oxidation sites excluding steroid dienone is 2. The van der Waals surface area contributed by atoms with Crippen LogP contribution in [0.25, 0.3) is 0 Å². The quantitative estimate of drug-likeness (QED) is 0.650. The van der Waals surface area contributed by atoms with Crippen LogP contribution in [0.2, 0.25) is 0 Å². The Balaban J connectivity index is 2.44. The molecule has 6 heteroatoms. The van der Waals surface area contributed by atoms with Gasteiger partial charge in [-0.15, -0.1) is 0 Å². The number of carboxylic acid groups (broad SMARTS) is 1. The standard InChI is InChI=1S/C11H11N3O2S/c1-17-11-12-7-8(10(15)16)9(13-11)14-5-3-2-4-6-14/h2-5,7H,6H2,1H3,(H,15,16). The number of hydrogen-bond acceptors (Lipinski definition) is 5. The van der Waals surface area contributed by atoms with Gasteiger partial charge in [0.2, 0.25) is 0 Å². The first kappa shape index (κ1) is 11.7. The highest BCUT2D eigenvalue weighted by molar-refractivity contribution is 7.98. The zero-order valence-corrected chi connectivity index (χ0v) is 10.0. The highest BCUT2D eigenvalue weighted by Gasteiger charge is 2.18. The molecule has 0 bridgehead atoms. The van der Waals surface area contributed by atoms with Crippen LogP contribution < -0.4 is 4.90 Å². The molecule has 0 atom stereocenters. The fraction of sp³-hybridized carbons (Fsp3) is 0.182. The summed E-state index contributed by atoms with van der Waals surface area (Å²) in [6.07, 6.45) is 10.7. The minimum atomic E-state index is -1.02. The number of rotatable bonds is 3. The summed E-state index contributed by atoms with van der Waals surface area (Å²) < 4.78 is 0. The highest BCUT2D eigenvalue weighted by Crippen LogP contribution is 2.22. The van der Waals surface area contributed by atoms with E-state index in [2.05, 4.69) is 9.97 Å². The minimum absolute atomic E-state index is 0.114. The molecule has 1 aromatic heterocycles. The van der Waals surface area contributed by atoms with E-state index in [0.29, 0.717) is 17.5 Å². The molecule has 2 heterocycles. The number of hydrogen-bond donors (Lipinski definition) is 1. The summed E-state index contributed by atoms with van der Waals surface area (Å²) >= 11 is 1.38. The number of carboxylic acids is 1. The lowest BCUT2D eigenvalue weighted by atomic mass is 10.2.